The Balaban J connectivity index is 1.51. The van der Waals surface area contributed by atoms with E-state index in [1.807, 2.05) is 17.9 Å². The quantitative estimate of drug-likeness (QED) is 0.772. The molecule has 1 N–H and O–H groups in total. The van der Waals surface area contributed by atoms with Crippen LogP contribution in [0.3, 0.4) is 0 Å². The van der Waals surface area contributed by atoms with Crippen molar-refractivity contribution in [2.75, 3.05) is 13.2 Å². The SMILES string of the molecule is Cc1cn2c(CNC[C@@]3(c4cnn(C)c4)CCCO3)c(C)nc2s1. The minimum Gasteiger partial charge on any atom is -0.369 e. The zero-order valence-corrected chi connectivity index (χ0v) is 15.2. The number of ether oxygens (including phenoxy) is 1. The van der Waals surface area contributed by atoms with E-state index in [4.69, 9.17) is 4.74 Å². The van der Waals surface area contributed by atoms with Crippen molar-refractivity contribution in [2.24, 2.45) is 7.05 Å². The molecular formula is C17H23N5OS. The van der Waals surface area contributed by atoms with E-state index >= 15 is 0 Å². The average molecular weight is 345 g/mol. The van der Waals surface area contributed by atoms with Gasteiger partial charge in [-0.3, -0.25) is 9.08 Å². The van der Waals surface area contributed by atoms with E-state index < -0.39 is 0 Å². The van der Waals surface area contributed by atoms with Crippen molar-refractivity contribution in [1.82, 2.24) is 24.5 Å². The molecule has 0 aromatic carbocycles. The summed E-state index contributed by atoms with van der Waals surface area (Å²) >= 11 is 1.73. The molecule has 4 rings (SSSR count). The van der Waals surface area contributed by atoms with Crippen molar-refractivity contribution < 1.29 is 4.74 Å². The summed E-state index contributed by atoms with van der Waals surface area (Å²) < 4.78 is 10.2. The van der Waals surface area contributed by atoms with E-state index in [2.05, 4.69) is 46.0 Å². The van der Waals surface area contributed by atoms with Gasteiger partial charge in [0, 0.05) is 49.6 Å². The molecule has 128 valence electrons. The van der Waals surface area contributed by atoms with Gasteiger partial charge < -0.3 is 10.1 Å². The summed E-state index contributed by atoms with van der Waals surface area (Å²) in [7, 11) is 1.95. The molecule has 0 aliphatic carbocycles. The summed E-state index contributed by atoms with van der Waals surface area (Å²) in [6, 6.07) is 0. The van der Waals surface area contributed by atoms with Crippen molar-refractivity contribution in [2.45, 2.75) is 38.8 Å². The number of aromatic nitrogens is 4. The third-order valence-electron chi connectivity index (χ3n) is 4.78. The molecule has 0 radical (unpaired) electrons. The van der Waals surface area contributed by atoms with Gasteiger partial charge in [0.1, 0.15) is 5.60 Å². The van der Waals surface area contributed by atoms with Crippen molar-refractivity contribution in [3.05, 3.63) is 40.4 Å². The lowest BCUT2D eigenvalue weighted by Crippen LogP contribution is -2.37. The molecule has 0 spiro atoms. The molecule has 0 unspecified atom stereocenters. The normalized spacial score (nSPS) is 21.1. The highest BCUT2D eigenvalue weighted by Crippen LogP contribution is 2.35. The topological polar surface area (TPSA) is 56.4 Å². The molecule has 0 saturated carbocycles. The third kappa shape index (κ3) is 2.66. The predicted molar refractivity (Wildman–Crippen MR) is 94.3 cm³/mol. The van der Waals surface area contributed by atoms with Crippen molar-refractivity contribution >= 4 is 16.3 Å². The first kappa shape index (κ1) is 15.8. The summed E-state index contributed by atoms with van der Waals surface area (Å²) in [6.07, 6.45) is 8.29. The molecule has 4 heterocycles. The van der Waals surface area contributed by atoms with E-state index in [1.54, 1.807) is 11.3 Å². The highest BCUT2D eigenvalue weighted by atomic mass is 32.1. The second-order valence-electron chi connectivity index (χ2n) is 6.59. The van der Waals surface area contributed by atoms with Gasteiger partial charge in [0.05, 0.1) is 17.6 Å². The van der Waals surface area contributed by atoms with Crippen LogP contribution in [-0.2, 0) is 23.9 Å². The van der Waals surface area contributed by atoms with Crippen LogP contribution in [-0.4, -0.2) is 32.3 Å². The van der Waals surface area contributed by atoms with E-state index in [1.165, 1.54) is 10.6 Å². The van der Waals surface area contributed by atoms with Crippen LogP contribution in [0.15, 0.2) is 18.6 Å². The zero-order chi connectivity index (χ0) is 16.7. The monoisotopic (exact) mass is 345 g/mol. The van der Waals surface area contributed by atoms with Crippen LogP contribution in [0, 0.1) is 13.8 Å². The summed E-state index contributed by atoms with van der Waals surface area (Å²) in [5.74, 6) is 0. The molecule has 1 fully saturated rings. The number of aryl methyl sites for hydroxylation is 3. The Morgan fingerprint density at radius 3 is 2.96 bits per heavy atom. The number of imidazole rings is 1. The Hall–Kier alpha value is -1.70. The third-order valence-corrected chi connectivity index (χ3v) is 5.68. The van der Waals surface area contributed by atoms with Gasteiger partial charge in [0.25, 0.3) is 0 Å². The number of hydrogen-bond acceptors (Lipinski definition) is 5. The zero-order valence-electron chi connectivity index (χ0n) is 14.4. The molecule has 1 aliphatic heterocycles. The van der Waals surface area contributed by atoms with Crippen LogP contribution in [0.25, 0.3) is 4.96 Å². The van der Waals surface area contributed by atoms with Gasteiger partial charge in [-0.05, 0) is 26.7 Å². The molecular weight excluding hydrogens is 322 g/mol. The molecule has 3 aromatic heterocycles. The maximum Gasteiger partial charge on any atom is 0.194 e. The molecule has 0 bridgehead atoms. The van der Waals surface area contributed by atoms with Crippen molar-refractivity contribution in [3.8, 4) is 0 Å². The van der Waals surface area contributed by atoms with Gasteiger partial charge >= 0.3 is 0 Å². The Morgan fingerprint density at radius 1 is 1.38 bits per heavy atom. The van der Waals surface area contributed by atoms with Gasteiger partial charge in [0.15, 0.2) is 4.96 Å². The summed E-state index contributed by atoms with van der Waals surface area (Å²) in [6.45, 7) is 6.59. The smallest absolute Gasteiger partial charge is 0.194 e. The maximum atomic E-state index is 6.15. The Bertz CT molecular complexity index is 856. The van der Waals surface area contributed by atoms with E-state index in [0.717, 1.165) is 48.8 Å². The number of hydrogen-bond donors (Lipinski definition) is 1. The lowest BCUT2D eigenvalue weighted by molar-refractivity contribution is 0.000488. The minimum absolute atomic E-state index is 0.253. The molecule has 24 heavy (non-hydrogen) atoms. The van der Waals surface area contributed by atoms with Gasteiger partial charge in [-0.1, -0.05) is 0 Å². The van der Waals surface area contributed by atoms with Crippen LogP contribution in [0.4, 0.5) is 0 Å². The van der Waals surface area contributed by atoms with Crippen molar-refractivity contribution in [1.29, 1.82) is 0 Å². The highest BCUT2D eigenvalue weighted by molar-refractivity contribution is 7.17. The number of thiazole rings is 1. The first-order valence-electron chi connectivity index (χ1n) is 8.35. The molecule has 0 amide bonds. The maximum absolute atomic E-state index is 6.15. The van der Waals surface area contributed by atoms with Gasteiger partial charge in [-0.25, -0.2) is 4.98 Å². The van der Waals surface area contributed by atoms with E-state index in [0.29, 0.717) is 0 Å². The van der Waals surface area contributed by atoms with Crippen LogP contribution in [0.5, 0.6) is 0 Å². The highest BCUT2D eigenvalue weighted by Gasteiger charge is 2.37. The Morgan fingerprint density at radius 2 is 2.25 bits per heavy atom. The minimum atomic E-state index is -0.253. The van der Waals surface area contributed by atoms with Gasteiger partial charge in [-0.2, -0.15) is 5.10 Å². The van der Waals surface area contributed by atoms with Crippen LogP contribution < -0.4 is 5.32 Å². The first-order chi connectivity index (χ1) is 11.6. The molecule has 1 saturated heterocycles. The second kappa shape index (κ2) is 5.98. The fourth-order valence-electron chi connectivity index (χ4n) is 3.53. The van der Waals surface area contributed by atoms with E-state index in [-0.39, 0.29) is 5.60 Å². The van der Waals surface area contributed by atoms with Crippen LogP contribution >= 0.6 is 11.3 Å². The number of nitrogens with zero attached hydrogens (tertiary/aromatic N) is 4. The fraction of sp³-hybridized carbons (Fsp3) is 0.529. The summed E-state index contributed by atoms with van der Waals surface area (Å²) in [5, 5.41) is 7.92. The molecule has 1 aliphatic rings. The summed E-state index contributed by atoms with van der Waals surface area (Å²) in [4.78, 5) is 7.01. The lowest BCUT2D eigenvalue weighted by Gasteiger charge is -2.27. The standard InChI is InChI=1S/C17H23N5OS/c1-12-9-22-15(13(2)20-16(22)24-12)8-18-11-17(5-4-6-23-17)14-7-19-21(3)10-14/h7,9-10,18H,4-6,8,11H2,1-3H3/t17-/m1/s1. The predicted octanol–water partition coefficient (Wildman–Crippen LogP) is 2.54. The van der Waals surface area contributed by atoms with Gasteiger partial charge in [-0.15, -0.1) is 11.3 Å². The van der Waals surface area contributed by atoms with E-state index in [9.17, 15) is 0 Å². The van der Waals surface area contributed by atoms with Crippen LogP contribution in [0.2, 0.25) is 0 Å². The lowest BCUT2D eigenvalue weighted by atomic mass is 9.93. The van der Waals surface area contributed by atoms with Crippen LogP contribution in [0.1, 0.15) is 34.7 Å². The van der Waals surface area contributed by atoms with Crippen molar-refractivity contribution in [3.63, 3.8) is 0 Å². The molecule has 7 heteroatoms. The molecule has 6 nitrogen and oxygen atoms in total. The van der Waals surface area contributed by atoms with Gasteiger partial charge in [0.2, 0.25) is 0 Å². The summed E-state index contributed by atoms with van der Waals surface area (Å²) in [5.41, 5.74) is 3.23. The average Bonchev–Trinajstić information content (AvgIpc) is 3.27. The number of fused-ring (bicyclic) bond motifs is 1. The molecule has 3 aromatic rings. The largest absolute Gasteiger partial charge is 0.369 e. The fourth-order valence-corrected chi connectivity index (χ4v) is 4.42. The molecule has 1 atom stereocenters. The Labute approximate surface area is 145 Å². The first-order valence-corrected chi connectivity index (χ1v) is 9.17. The second-order valence-corrected chi connectivity index (χ2v) is 7.80. The number of rotatable bonds is 5. The Kier molecular flexibility index (Phi) is 3.94. The number of nitrogens with one attached hydrogen (secondary N) is 1.